The normalized spacial score (nSPS) is 13.9. The summed E-state index contributed by atoms with van der Waals surface area (Å²) in [5.41, 5.74) is 0.573. The first-order chi connectivity index (χ1) is 11.1. The minimum atomic E-state index is -1.54. The van der Waals surface area contributed by atoms with E-state index in [-0.39, 0.29) is 30.6 Å². The van der Waals surface area contributed by atoms with Gasteiger partial charge >= 0.3 is 0 Å². The molecule has 3 rings (SSSR count). The number of aliphatic hydroxyl groups excluding tert-OH is 1. The predicted molar refractivity (Wildman–Crippen MR) is 79.2 cm³/mol. The van der Waals surface area contributed by atoms with E-state index >= 15 is 0 Å². The fourth-order valence-corrected chi connectivity index (χ4v) is 2.13. The Morgan fingerprint density at radius 2 is 1.91 bits per heavy atom. The monoisotopic (exact) mass is 324 g/mol. The number of aromatic nitrogens is 2. The Morgan fingerprint density at radius 3 is 2.61 bits per heavy atom. The van der Waals surface area contributed by atoms with Crippen LogP contribution in [0.2, 0.25) is 0 Å². The lowest BCUT2D eigenvalue weighted by Gasteiger charge is -2.11. The zero-order valence-electron chi connectivity index (χ0n) is 12.1. The minimum Gasteiger partial charge on any atom is -0.395 e. The van der Waals surface area contributed by atoms with Crippen molar-refractivity contribution in [3.8, 4) is 0 Å². The number of nitrogens with one attached hydrogen (secondary N) is 2. The summed E-state index contributed by atoms with van der Waals surface area (Å²) in [6.07, 6.45) is 2.02. The molecule has 1 aliphatic carbocycles. The highest BCUT2D eigenvalue weighted by Crippen LogP contribution is 2.40. The third-order valence-corrected chi connectivity index (χ3v) is 3.43. The van der Waals surface area contributed by atoms with Gasteiger partial charge in [0.1, 0.15) is 5.82 Å². The second-order valence-corrected chi connectivity index (χ2v) is 5.27. The average Bonchev–Trinajstić information content (AvgIpc) is 3.38. The number of anilines is 3. The molecule has 3 N–H and O–H groups in total. The second-order valence-electron chi connectivity index (χ2n) is 5.27. The van der Waals surface area contributed by atoms with Gasteiger partial charge in [0.2, 0.25) is 5.95 Å². The molecule has 0 aliphatic heterocycles. The predicted octanol–water partition coefficient (Wildman–Crippen LogP) is 2.92. The summed E-state index contributed by atoms with van der Waals surface area (Å²) in [4.78, 5) is 8.47. The maximum atomic E-state index is 13.8. The number of aliphatic hydroxyl groups is 1. The van der Waals surface area contributed by atoms with Gasteiger partial charge in [0.25, 0.3) is 0 Å². The van der Waals surface area contributed by atoms with Crippen LogP contribution in [0, 0.1) is 17.5 Å². The van der Waals surface area contributed by atoms with Gasteiger partial charge in [0.05, 0.1) is 18.0 Å². The van der Waals surface area contributed by atoms with Crippen molar-refractivity contribution >= 4 is 17.5 Å². The van der Waals surface area contributed by atoms with E-state index in [2.05, 4.69) is 20.6 Å². The third-order valence-electron chi connectivity index (χ3n) is 3.43. The molecule has 0 spiro atoms. The molecule has 0 saturated heterocycles. The van der Waals surface area contributed by atoms with Crippen molar-refractivity contribution in [1.82, 2.24) is 9.97 Å². The van der Waals surface area contributed by atoms with Crippen LogP contribution in [-0.4, -0.2) is 28.2 Å². The van der Waals surface area contributed by atoms with Gasteiger partial charge in [-0.05, 0) is 25.0 Å². The highest BCUT2D eigenvalue weighted by molar-refractivity contribution is 5.59. The minimum absolute atomic E-state index is 0.0857. The third kappa shape index (κ3) is 3.53. The second kappa shape index (κ2) is 6.41. The molecule has 1 heterocycles. The maximum absolute atomic E-state index is 13.8. The quantitative estimate of drug-likeness (QED) is 0.713. The molecule has 1 aromatic carbocycles. The highest BCUT2D eigenvalue weighted by Gasteiger charge is 2.26. The number of rotatable bonds is 6. The van der Waals surface area contributed by atoms with Crippen molar-refractivity contribution in [2.45, 2.75) is 18.8 Å². The Kier molecular flexibility index (Phi) is 4.33. The van der Waals surface area contributed by atoms with E-state index < -0.39 is 17.5 Å². The first-order valence-electron chi connectivity index (χ1n) is 7.22. The van der Waals surface area contributed by atoms with E-state index in [1.807, 2.05) is 0 Å². The molecular formula is C15H15F3N4O. The molecule has 0 amide bonds. The Balaban J connectivity index is 1.89. The number of halogens is 3. The van der Waals surface area contributed by atoms with Crippen LogP contribution in [0.3, 0.4) is 0 Å². The van der Waals surface area contributed by atoms with E-state index in [0.29, 0.717) is 5.92 Å². The molecule has 2 aromatic rings. The Labute approximate surface area is 130 Å². The maximum Gasteiger partial charge on any atom is 0.224 e. The van der Waals surface area contributed by atoms with Gasteiger partial charge in [-0.2, -0.15) is 4.98 Å². The molecule has 1 saturated carbocycles. The van der Waals surface area contributed by atoms with Crippen LogP contribution in [0.15, 0.2) is 18.2 Å². The van der Waals surface area contributed by atoms with Crippen LogP contribution >= 0.6 is 0 Å². The summed E-state index contributed by atoms with van der Waals surface area (Å²) in [5.74, 6) is -3.21. The molecular weight excluding hydrogens is 309 g/mol. The van der Waals surface area contributed by atoms with E-state index in [0.717, 1.165) is 30.7 Å². The van der Waals surface area contributed by atoms with E-state index in [1.54, 1.807) is 6.07 Å². The van der Waals surface area contributed by atoms with Crippen LogP contribution in [0.5, 0.6) is 0 Å². The van der Waals surface area contributed by atoms with E-state index in [1.165, 1.54) is 0 Å². The Bertz CT molecular complexity index is 722. The summed E-state index contributed by atoms with van der Waals surface area (Å²) in [6.45, 7) is 0.185. The molecule has 23 heavy (non-hydrogen) atoms. The molecule has 0 radical (unpaired) electrons. The van der Waals surface area contributed by atoms with Gasteiger partial charge in [-0.1, -0.05) is 0 Å². The average molecular weight is 324 g/mol. The zero-order valence-corrected chi connectivity index (χ0v) is 12.1. The molecule has 0 bridgehead atoms. The SMILES string of the molecule is OCCNc1nc(Nc2ccc(F)c(F)c2F)cc(C2CC2)n1. The topological polar surface area (TPSA) is 70.1 Å². The molecule has 0 unspecified atom stereocenters. The van der Waals surface area contributed by atoms with Gasteiger partial charge in [0.15, 0.2) is 17.5 Å². The van der Waals surface area contributed by atoms with E-state index in [9.17, 15) is 13.2 Å². The largest absolute Gasteiger partial charge is 0.395 e. The first kappa shape index (κ1) is 15.5. The van der Waals surface area contributed by atoms with Gasteiger partial charge in [-0.25, -0.2) is 18.2 Å². The van der Waals surface area contributed by atoms with Crippen molar-refractivity contribution in [2.75, 3.05) is 23.8 Å². The fraction of sp³-hybridized carbons (Fsp3) is 0.333. The van der Waals surface area contributed by atoms with Crippen molar-refractivity contribution in [3.63, 3.8) is 0 Å². The van der Waals surface area contributed by atoms with Crippen molar-refractivity contribution in [3.05, 3.63) is 41.3 Å². The molecule has 8 heteroatoms. The number of hydrogen-bond acceptors (Lipinski definition) is 5. The lowest BCUT2D eigenvalue weighted by atomic mass is 10.2. The van der Waals surface area contributed by atoms with Gasteiger partial charge in [0, 0.05) is 18.5 Å². The van der Waals surface area contributed by atoms with Gasteiger partial charge in [-0.3, -0.25) is 0 Å². The molecule has 1 aliphatic rings. The van der Waals surface area contributed by atoms with Crippen LogP contribution in [0.25, 0.3) is 0 Å². The van der Waals surface area contributed by atoms with Crippen LogP contribution in [0.1, 0.15) is 24.5 Å². The Hall–Kier alpha value is -2.35. The summed E-state index contributed by atoms with van der Waals surface area (Å²) in [6, 6.07) is 3.60. The summed E-state index contributed by atoms with van der Waals surface area (Å²) >= 11 is 0. The van der Waals surface area contributed by atoms with Crippen LogP contribution in [0.4, 0.5) is 30.6 Å². The number of benzene rings is 1. The summed E-state index contributed by atoms with van der Waals surface area (Å²) in [7, 11) is 0. The van der Waals surface area contributed by atoms with Crippen molar-refractivity contribution in [2.24, 2.45) is 0 Å². The van der Waals surface area contributed by atoms with E-state index in [4.69, 9.17) is 5.11 Å². The molecule has 122 valence electrons. The molecule has 1 aromatic heterocycles. The zero-order chi connectivity index (χ0) is 16.4. The standard InChI is InChI=1S/C15H15F3N4O/c16-9-3-4-10(14(18)13(9)17)20-12-7-11(8-1-2-8)21-15(22-12)19-5-6-23/h3-4,7-8,23H,1-2,5-6H2,(H2,19,20,21,22). The first-order valence-corrected chi connectivity index (χ1v) is 7.22. The summed E-state index contributed by atoms with van der Waals surface area (Å²) in [5, 5.41) is 14.3. The lowest BCUT2D eigenvalue weighted by molar-refractivity contribution is 0.311. The van der Waals surface area contributed by atoms with Gasteiger partial charge in [-0.15, -0.1) is 0 Å². The molecule has 0 atom stereocenters. The molecule has 5 nitrogen and oxygen atoms in total. The fourth-order valence-electron chi connectivity index (χ4n) is 2.13. The summed E-state index contributed by atoms with van der Waals surface area (Å²) < 4.78 is 40.0. The smallest absolute Gasteiger partial charge is 0.224 e. The number of nitrogens with zero attached hydrogens (tertiary/aromatic N) is 2. The number of hydrogen-bond donors (Lipinski definition) is 3. The van der Waals surface area contributed by atoms with Gasteiger partial charge < -0.3 is 15.7 Å². The lowest BCUT2D eigenvalue weighted by Crippen LogP contribution is -2.11. The molecule has 1 fully saturated rings. The Morgan fingerprint density at radius 1 is 1.13 bits per heavy atom. The van der Waals surface area contributed by atoms with Crippen LogP contribution in [-0.2, 0) is 0 Å². The highest BCUT2D eigenvalue weighted by atomic mass is 19.2. The van der Waals surface area contributed by atoms with Crippen LogP contribution < -0.4 is 10.6 Å². The van der Waals surface area contributed by atoms with Crippen molar-refractivity contribution in [1.29, 1.82) is 0 Å². The van der Waals surface area contributed by atoms with Crippen molar-refractivity contribution < 1.29 is 18.3 Å².